The number of nitrogens with zero attached hydrogens (tertiary/aromatic N) is 3. The van der Waals surface area contributed by atoms with Crippen molar-refractivity contribution in [1.29, 1.82) is 5.26 Å². The van der Waals surface area contributed by atoms with Gasteiger partial charge in [-0.1, -0.05) is 43.2 Å². The van der Waals surface area contributed by atoms with Gasteiger partial charge < -0.3 is 9.67 Å². The van der Waals surface area contributed by atoms with E-state index in [9.17, 15) is 10.4 Å². The van der Waals surface area contributed by atoms with E-state index in [0.29, 0.717) is 5.56 Å². The fourth-order valence-corrected chi connectivity index (χ4v) is 3.82. The van der Waals surface area contributed by atoms with E-state index in [-0.39, 0.29) is 30.1 Å². The van der Waals surface area contributed by atoms with Gasteiger partial charge >= 0.3 is 0 Å². The van der Waals surface area contributed by atoms with E-state index in [1.54, 1.807) is 18.2 Å². The summed E-state index contributed by atoms with van der Waals surface area (Å²) in [5.41, 5.74) is 0.934. The predicted molar refractivity (Wildman–Crippen MR) is 106 cm³/mol. The lowest BCUT2D eigenvalue weighted by Crippen LogP contribution is -2.43. The van der Waals surface area contributed by atoms with Gasteiger partial charge in [0.1, 0.15) is 31.1 Å². The molecule has 1 atom stereocenters. The largest absolute Gasteiger partial charge is 0.380 e. The summed E-state index contributed by atoms with van der Waals surface area (Å²) in [5, 5.41) is 20.8. The smallest absolute Gasteiger partial charge is 0.145 e. The van der Waals surface area contributed by atoms with E-state index >= 15 is 4.39 Å². The molecule has 1 fully saturated rings. The van der Waals surface area contributed by atoms with Crippen LogP contribution in [0, 0.1) is 22.8 Å². The van der Waals surface area contributed by atoms with Gasteiger partial charge in [0, 0.05) is 16.1 Å². The van der Waals surface area contributed by atoms with Crippen LogP contribution in [0.15, 0.2) is 30.7 Å². The number of imidazole rings is 1. The quantitative estimate of drug-likeness (QED) is 0.621. The molecule has 3 rings (SSSR count). The molecule has 7 heteroatoms. The van der Waals surface area contributed by atoms with Gasteiger partial charge in [-0.25, -0.2) is 9.37 Å². The first-order chi connectivity index (χ1) is 12.6. The molecule has 1 saturated carbocycles. The van der Waals surface area contributed by atoms with Gasteiger partial charge in [0.05, 0.1) is 19.1 Å². The number of aromatic nitrogens is 2. The van der Waals surface area contributed by atoms with Crippen molar-refractivity contribution >= 4 is 19.7 Å². The zero-order valence-corrected chi connectivity index (χ0v) is 17.3. The lowest BCUT2D eigenvalue weighted by atomic mass is 9.86. The molecule has 1 aromatic carbocycles. The number of aliphatic hydroxyl groups is 1. The maximum Gasteiger partial charge on any atom is 0.145 e. The minimum atomic E-state index is -1.85. The second kappa shape index (κ2) is 6.80. The fourth-order valence-electron chi connectivity index (χ4n) is 2.97. The van der Waals surface area contributed by atoms with Gasteiger partial charge in [0.15, 0.2) is 0 Å². The first kappa shape index (κ1) is 19.6. The summed E-state index contributed by atoms with van der Waals surface area (Å²) in [6, 6.07) is 7.05. The van der Waals surface area contributed by atoms with Crippen LogP contribution < -0.4 is 0 Å². The number of benzene rings is 1. The summed E-state index contributed by atoms with van der Waals surface area (Å²) in [6.45, 7) is 6.30. The van der Waals surface area contributed by atoms with Crippen LogP contribution >= 0.6 is 11.6 Å². The van der Waals surface area contributed by atoms with Crippen molar-refractivity contribution in [3.8, 4) is 17.5 Å². The van der Waals surface area contributed by atoms with E-state index in [0.717, 1.165) is 5.56 Å². The monoisotopic (exact) mass is 401 g/mol. The van der Waals surface area contributed by atoms with Crippen molar-refractivity contribution in [2.24, 2.45) is 0 Å². The maximum absolute atomic E-state index is 15.2. The lowest BCUT2D eigenvalue weighted by molar-refractivity contribution is -0.0697. The fraction of sp³-hybridized carbons (Fsp3) is 0.400. The number of halogens is 2. The minimum absolute atomic E-state index is 0.133. The zero-order valence-electron chi connectivity index (χ0n) is 15.6. The molecule has 1 unspecified atom stereocenters. The highest BCUT2D eigenvalue weighted by Gasteiger charge is 2.61. The molecular formula is C20H21ClFN3OSi. The Morgan fingerprint density at radius 3 is 2.67 bits per heavy atom. The van der Waals surface area contributed by atoms with Crippen molar-refractivity contribution in [3.63, 3.8) is 0 Å². The van der Waals surface area contributed by atoms with Gasteiger partial charge in [-0.3, -0.25) is 0 Å². The standard InChI is InChI=1S/C20H21ClFN3OSi/c1-27(2,3)9-6-15-4-5-17(18(21)10-15)20(26,19(22)7-8-19)13-25-14-24-12-16(25)11-23/h4-5,10,12,14,26H,7-8,13H2,1-3H3. The molecule has 27 heavy (non-hydrogen) atoms. The highest BCUT2D eigenvalue weighted by atomic mass is 35.5. The summed E-state index contributed by atoms with van der Waals surface area (Å²) in [7, 11) is -1.54. The molecule has 140 valence electrons. The van der Waals surface area contributed by atoms with E-state index < -0.39 is 19.3 Å². The van der Waals surface area contributed by atoms with Gasteiger partial charge in [-0.05, 0) is 25.0 Å². The lowest BCUT2D eigenvalue weighted by Gasteiger charge is -2.33. The van der Waals surface area contributed by atoms with Crippen molar-refractivity contribution in [2.75, 3.05) is 0 Å². The summed E-state index contributed by atoms with van der Waals surface area (Å²) < 4.78 is 16.7. The topological polar surface area (TPSA) is 61.8 Å². The molecule has 0 bridgehead atoms. The molecule has 2 aromatic rings. The summed E-state index contributed by atoms with van der Waals surface area (Å²) in [4.78, 5) is 3.92. The van der Waals surface area contributed by atoms with Crippen LogP contribution in [-0.2, 0) is 12.1 Å². The highest BCUT2D eigenvalue weighted by molar-refractivity contribution is 6.83. The van der Waals surface area contributed by atoms with Crippen LogP contribution in [-0.4, -0.2) is 28.4 Å². The average Bonchev–Trinajstić information content (AvgIpc) is 3.19. The third kappa shape index (κ3) is 3.94. The second-order valence-corrected chi connectivity index (χ2v) is 13.2. The number of hydrogen-bond donors (Lipinski definition) is 1. The Morgan fingerprint density at radius 1 is 1.41 bits per heavy atom. The molecule has 1 N–H and O–H groups in total. The first-order valence-corrected chi connectivity index (χ1v) is 12.6. The third-order valence-electron chi connectivity index (χ3n) is 4.65. The molecule has 1 aliphatic carbocycles. The Labute approximate surface area is 164 Å². The van der Waals surface area contributed by atoms with Crippen LogP contribution in [0.3, 0.4) is 0 Å². The third-order valence-corrected chi connectivity index (χ3v) is 5.84. The second-order valence-electron chi connectivity index (χ2n) is 8.04. The van der Waals surface area contributed by atoms with Crippen LogP contribution in [0.2, 0.25) is 24.7 Å². The number of hydrogen-bond acceptors (Lipinski definition) is 3. The molecular weight excluding hydrogens is 381 g/mol. The van der Waals surface area contributed by atoms with Gasteiger partial charge in [0.2, 0.25) is 0 Å². The van der Waals surface area contributed by atoms with Gasteiger partial charge in [0.25, 0.3) is 0 Å². The molecule has 0 aliphatic heterocycles. The Bertz CT molecular complexity index is 976. The normalized spacial score (nSPS) is 17.4. The average molecular weight is 402 g/mol. The van der Waals surface area contributed by atoms with Crippen molar-refractivity contribution in [3.05, 3.63) is 52.6 Å². The summed E-state index contributed by atoms with van der Waals surface area (Å²) >= 11 is 6.44. The summed E-state index contributed by atoms with van der Waals surface area (Å²) in [5.74, 6) is 3.12. The van der Waals surface area contributed by atoms with Crippen molar-refractivity contribution in [1.82, 2.24) is 9.55 Å². The molecule has 0 radical (unpaired) electrons. The van der Waals surface area contributed by atoms with Crippen LogP contribution in [0.1, 0.15) is 29.7 Å². The van der Waals surface area contributed by atoms with Crippen molar-refractivity contribution in [2.45, 2.75) is 50.3 Å². The number of nitriles is 1. The Kier molecular flexibility index (Phi) is 4.94. The SMILES string of the molecule is C[Si](C)(C)C#Cc1ccc(C(O)(Cn2cncc2C#N)C2(F)CC2)c(Cl)c1. The molecule has 0 amide bonds. The maximum atomic E-state index is 15.2. The van der Waals surface area contributed by atoms with E-state index in [2.05, 4.69) is 36.1 Å². The van der Waals surface area contributed by atoms with E-state index in [4.69, 9.17) is 11.6 Å². The Hall–Kier alpha value is -2.12. The molecule has 1 aliphatic rings. The van der Waals surface area contributed by atoms with Crippen LogP contribution in [0.4, 0.5) is 4.39 Å². The summed E-state index contributed by atoms with van der Waals surface area (Å²) in [6.07, 6.45) is 3.28. The van der Waals surface area contributed by atoms with Crippen molar-refractivity contribution < 1.29 is 9.50 Å². The molecule has 1 heterocycles. The van der Waals surface area contributed by atoms with Crippen LogP contribution in [0.5, 0.6) is 0 Å². The Morgan fingerprint density at radius 2 is 2.11 bits per heavy atom. The number of rotatable bonds is 4. The molecule has 0 saturated heterocycles. The zero-order chi connectivity index (χ0) is 19.9. The number of alkyl halides is 1. The highest BCUT2D eigenvalue weighted by Crippen LogP contribution is 2.55. The van der Waals surface area contributed by atoms with Gasteiger partial charge in [-0.15, -0.1) is 5.54 Å². The minimum Gasteiger partial charge on any atom is -0.380 e. The van der Waals surface area contributed by atoms with Crippen LogP contribution in [0.25, 0.3) is 0 Å². The Balaban J connectivity index is 2.01. The van der Waals surface area contributed by atoms with E-state index in [1.807, 2.05) is 6.07 Å². The van der Waals surface area contributed by atoms with E-state index in [1.165, 1.54) is 17.1 Å². The van der Waals surface area contributed by atoms with Gasteiger partial charge in [-0.2, -0.15) is 5.26 Å². The predicted octanol–water partition coefficient (Wildman–Crippen LogP) is 4.03. The molecule has 4 nitrogen and oxygen atoms in total. The molecule has 0 spiro atoms. The first-order valence-electron chi connectivity index (χ1n) is 8.73. The molecule has 1 aromatic heterocycles.